The zero-order valence-electron chi connectivity index (χ0n) is 24.6. The Hall–Kier alpha value is -3.18. The molecule has 5 nitrogen and oxygen atoms in total. The smallest absolute Gasteiger partial charge is 0.460 e. The normalized spacial score (nSPS) is 16.1. The van der Waals surface area contributed by atoms with E-state index in [2.05, 4.69) is 16.6 Å². The Morgan fingerprint density at radius 2 is 1.26 bits per heavy atom. The molecular formula is C29H30F13NO4. The van der Waals surface area contributed by atoms with E-state index in [0.29, 0.717) is 36.7 Å². The molecule has 0 bridgehead atoms. The first kappa shape index (κ1) is 38.3. The minimum absolute atomic E-state index is 0.279. The van der Waals surface area contributed by atoms with Gasteiger partial charge in [0.2, 0.25) is 12.2 Å². The van der Waals surface area contributed by atoms with Gasteiger partial charge in [0.15, 0.2) is 18.1 Å². The quantitative estimate of drug-likeness (QED) is 0.114. The lowest BCUT2D eigenvalue weighted by atomic mass is 9.94. The molecule has 0 N–H and O–H groups in total. The predicted octanol–water partition coefficient (Wildman–Crippen LogP) is 9.73. The van der Waals surface area contributed by atoms with Crippen LogP contribution in [0.3, 0.4) is 0 Å². The summed E-state index contributed by atoms with van der Waals surface area (Å²) in [7, 11) is 0. The number of pyridine rings is 1. The molecular weight excluding hydrogens is 673 g/mol. The summed E-state index contributed by atoms with van der Waals surface area (Å²) in [5.74, 6) is -37.6. The van der Waals surface area contributed by atoms with E-state index in [0.717, 1.165) is 50.4 Å². The molecule has 0 saturated heterocycles. The fourth-order valence-corrected chi connectivity index (χ4v) is 4.24. The third-order valence-electron chi connectivity index (χ3n) is 7.05. The van der Waals surface area contributed by atoms with E-state index in [-0.39, 0.29) is 5.56 Å². The highest BCUT2D eigenvalue weighted by Gasteiger charge is 2.90. The summed E-state index contributed by atoms with van der Waals surface area (Å²) in [6.07, 6.45) is -0.515. The van der Waals surface area contributed by atoms with Gasteiger partial charge < -0.3 is 18.9 Å². The van der Waals surface area contributed by atoms with E-state index in [1.54, 1.807) is 18.2 Å². The summed E-state index contributed by atoms with van der Waals surface area (Å²) >= 11 is 0. The predicted molar refractivity (Wildman–Crippen MR) is 140 cm³/mol. The van der Waals surface area contributed by atoms with Crippen LogP contribution in [0.1, 0.15) is 51.9 Å². The number of fused-ring (bicyclic) bond motifs is 1. The molecule has 1 atom stereocenters. The molecule has 0 saturated carbocycles. The van der Waals surface area contributed by atoms with Crippen molar-refractivity contribution in [2.75, 3.05) is 19.8 Å². The molecule has 1 aliphatic rings. The number of benzene rings is 1. The maximum absolute atomic E-state index is 14.0. The molecule has 1 unspecified atom stereocenters. The monoisotopic (exact) mass is 703 g/mol. The van der Waals surface area contributed by atoms with E-state index in [4.69, 9.17) is 14.2 Å². The Bertz CT molecular complexity index is 1300. The number of halogens is 13. The topological polar surface area (TPSA) is 49.8 Å². The number of alkyl halides is 13. The third-order valence-corrected chi connectivity index (χ3v) is 7.05. The van der Waals surface area contributed by atoms with Crippen molar-refractivity contribution in [2.24, 2.45) is 0 Å². The molecule has 0 amide bonds. The summed E-state index contributed by atoms with van der Waals surface area (Å²) in [5.41, 5.74) is 0.716. The molecule has 0 fully saturated rings. The summed E-state index contributed by atoms with van der Waals surface area (Å²) < 4.78 is 194. The molecule has 2 aromatic rings. The fourth-order valence-electron chi connectivity index (χ4n) is 4.24. The average molecular weight is 704 g/mol. The Labute approximate surface area is 260 Å². The second-order valence-corrected chi connectivity index (χ2v) is 10.7. The Balaban J connectivity index is 1.56. The van der Waals surface area contributed by atoms with E-state index < -0.39 is 54.6 Å². The average Bonchev–Trinajstić information content (AvgIpc) is 3.40. The fraction of sp³-hybridized carbons (Fsp3) is 0.621. The highest BCUT2D eigenvalue weighted by molar-refractivity contribution is 5.67. The minimum Gasteiger partial charge on any atom is -0.471 e. The molecule has 1 aliphatic heterocycles. The van der Waals surface area contributed by atoms with Crippen molar-refractivity contribution in [3.05, 3.63) is 36.5 Å². The molecule has 1 aromatic carbocycles. The first-order chi connectivity index (χ1) is 21.7. The zero-order valence-corrected chi connectivity index (χ0v) is 24.6. The van der Waals surface area contributed by atoms with Gasteiger partial charge in [0, 0.05) is 37.5 Å². The van der Waals surface area contributed by atoms with Gasteiger partial charge in [0.25, 0.3) is 0 Å². The summed E-state index contributed by atoms with van der Waals surface area (Å²) in [4.78, 5) is 3.53. The number of hydrogen-bond donors (Lipinski definition) is 0. The SMILES string of the molecule is CCCCCCOCCCCC1Oc2ccc(-c3ccc(OCC(F)(F)C(F)(F)C(F)(F)C(F)(F)C(F)(F)C(F)(F)F)nc3)cc2O1. The van der Waals surface area contributed by atoms with Gasteiger partial charge in [-0.3, -0.25) is 0 Å². The Kier molecular flexibility index (Phi) is 11.8. The van der Waals surface area contributed by atoms with Crippen molar-refractivity contribution in [1.82, 2.24) is 4.98 Å². The zero-order chi connectivity index (χ0) is 35.3. The van der Waals surface area contributed by atoms with Crippen molar-refractivity contribution >= 4 is 0 Å². The van der Waals surface area contributed by atoms with E-state index >= 15 is 0 Å². The Morgan fingerprint density at radius 3 is 1.85 bits per heavy atom. The molecule has 1 aromatic heterocycles. The van der Waals surface area contributed by atoms with Crippen LogP contribution in [0.4, 0.5) is 57.1 Å². The van der Waals surface area contributed by atoms with Gasteiger partial charge in [-0.2, -0.15) is 57.1 Å². The number of aromatic nitrogens is 1. The standard InChI is InChI=1S/C29H30F13NO4/c1-2-3-4-6-13-44-14-7-5-8-23-46-20-11-9-18(15-21(20)47-23)19-10-12-22(43-16-19)45-17-24(30,31)25(32,33)26(34,35)27(36,37)28(38,39)29(40,41)42/h9-12,15-16,23H,2-8,13-14,17H2,1H3. The van der Waals surface area contributed by atoms with Crippen LogP contribution in [0.2, 0.25) is 0 Å². The summed E-state index contributed by atoms with van der Waals surface area (Å²) in [6.45, 7) is 0.587. The van der Waals surface area contributed by atoms with Crippen molar-refractivity contribution in [1.29, 1.82) is 0 Å². The van der Waals surface area contributed by atoms with Crippen molar-refractivity contribution in [2.45, 2.75) is 93.9 Å². The third kappa shape index (κ3) is 8.11. The molecule has 0 spiro atoms. The van der Waals surface area contributed by atoms with Crippen molar-refractivity contribution in [3.63, 3.8) is 0 Å². The van der Waals surface area contributed by atoms with Gasteiger partial charge in [0.1, 0.15) is 0 Å². The van der Waals surface area contributed by atoms with Crippen molar-refractivity contribution < 1.29 is 76.0 Å². The van der Waals surface area contributed by atoms with E-state index in [9.17, 15) is 57.1 Å². The number of hydrogen-bond acceptors (Lipinski definition) is 5. The highest BCUT2D eigenvalue weighted by atomic mass is 19.4. The molecule has 3 rings (SSSR count). The van der Waals surface area contributed by atoms with Crippen LogP contribution in [-0.4, -0.2) is 66.9 Å². The molecule has 2 heterocycles. The summed E-state index contributed by atoms with van der Waals surface area (Å²) in [5, 5.41) is 0. The minimum atomic E-state index is -7.97. The Morgan fingerprint density at radius 1 is 0.660 bits per heavy atom. The lowest BCUT2D eigenvalue weighted by Crippen LogP contribution is -2.70. The maximum atomic E-state index is 14.0. The van der Waals surface area contributed by atoms with Gasteiger partial charge in [-0.05, 0) is 43.0 Å². The number of unbranched alkanes of at least 4 members (excludes halogenated alkanes) is 4. The molecule has 266 valence electrons. The first-order valence-electron chi connectivity index (χ1n) is 14.3. The van der Waals surface area contributed by atoms with Gasteiger partial charge >= 0.3 is 35.8 Å². The van der Waals surface area contributed by atoms with Crippen LogP contribution in [0.15, 0.2) is 36.5 Å². The van der Waals surface area contributed by atoms with E-state index in [1.165, 1.54) is 6.42 Å². The highest BCUT2D eigenvalue weighted by Crippen LogP contribution is 2.60. The van der Waals surface area contributed by atoms with Crippen LogP contribution in [0.5, 0.6) is 17.4 Å². The van der Waals surface area contributed by atoms with Crippen molar-refractivity contribution in [3.8, 4) is 28.5 Å². The second kappa shape index (κ2) is 14.5. The second-order valence-electron chi connectivity index (χ2n) is 10.7. The maximum Gasteiger partial charge on any atom is 0.460 e. The summed E-state index contributed by atoms with van der Waals surface area (Å²) in [6, 6.07) is 6.62. The number of rotatable bonds is 18. The molecule has 0 aliphatic carbocycles. The molecule has 0 radical (unpaired) electrons. The lowest BCUT2D eigenvalue weighted by Gasteiger charge is -2.39. The van der Waals surface area contributed by atoms with Gasteiger partial charge in [-0.25, -0.2) is 4.98 Å². The van der Waals surface area contributed by atoms with Crippen LogP contribution >= 0.6 is 0 Å². The van der Waals surface area contributed by atoms with Crippen LogP contribution in [-0.2, 0) is 4.74 Å². The van der Waals surface area contributed by atoms with Crippen LogP contribution < -0.4 is 14.2 Å². The number of ether oxygens (including phenoxy) is 4. The van der Waals surface area contributed by atoms with E-state index in [1.807, 2.05) is 0 Å². The van der Waals surface area contributed by atoms with Gasteiger partial charge in [-0.1, -0.05) is 32.3 Å². The lowest BCUT2D eigenvalue weighted by molar-refractivity contribution is -0.440. The first-order valence-corrected chi connectivity index (χ1v) is 14.3. The van der Waals surface area contributed by atoms with Gasteiger partial charge in [0.05, 0.1) is 0 Å². The largest absolute Gasteiger partial charge is 0.471 e. The van der Waals surface area contributed by atoms with Crippen LogP contribution in [0, 0.1) is 0 Å². The molecule has 47 heavy (non-hydrogen) atoms. The molecule has 18 heteroatoms. The number of nitrogens with zero attached hydrogens (tertiary/aromatic N) is 1. The van der Waals surface area contributed by atoms with Gasteiger partial charge in [-0.15, -0.1) is 0 Å². The van der Waals surface area contributed by atoms with Crippen LogP contribution in [0.25, 0.3) is 11.1 Å².